The molecule has 1 heterocycles. The van der Waals surface area contributed by atoms with Gasteiger partial charge in [0.05, 0.1) is 18.6 Å². The predicted octanol–water partition coefficient (Wildman–Crippen LogP) is 3.13. The summed E-state index contributed by atoms with van der Waals surface area (Å²) in [5.74, 6) is 0. The van der Waals surface area contributed by atoms with E-state index in [1.54, 1.807) is 17.8 Å². The molecular formula is C12H10Br2N2O. The third-order valence-electron chi connectivity index (χ3n) is 2.40. The van der Waals surface area contributed by atoms with Crippen LogP contribution in [0.25, 0.3) is 0 Å². The summed E-state index contributed by atoms with van der Waals surface area (Å²) in [6, 6.07) is 7.86. The maximum Gasteiger partial charge on any atom is 0.268 e. The van der Waals surface area contributed by atoms with Gasteiger partial charge in [-0.3, -0.25) is 9.36 Å². The average molecular weight is 358 g/mol. The zero-order valence-electron chi connectivity index (χ0n) is 9.15. The first-order valence-electron chi connectivity index (χ1n) is 5.04. The van der Waals surface area contributed by atoms with Crippen LogP contribution in [0.2, 0.25) is 0 Å². The first-order valence-corrected chi connectivity index (χ1v) is 6.62. The van der Waals surface area contributed by atoms with Crippen LogP contribution in [0.4, 0.5) is 0 Å². The Morgan fingerprint density at radius 1 is 1.35 bits per heavy atom. The van der Waals surface area contributed by atoms with Gasteiger partial charge in [0.15, 0.2) is 0 Å². The summed E-state index contributed by atoms with van der Waals surface area (Å²) in [5, 5.41) is 0. The van der Waals surface area contributed by atoms with Crippen molar-refractivity contribution in [2.75, 3.05) is 0 Å². The Morgan fingerprint density at radius 3 is 2.82 bits per heavy atom. The van der Waals surface area contributed by atoms with Crippen LogP contribution >= 0.6 is 31.9 Å². The van der Waals surface area contributed by atoms with E-state index in [0.29, 0.717) is 16.7 Å². The first-order chi connectivity index (χ1) is 8.08. The van der Waals surface area contributed by atoms with E-state index in [1.807, 2.05) is 24.3 Å². The highest BCUT2D eigenvalue weighted by Gasteiger charge is 2.05. The van der Waals surface area contributed by atoms with Gasteiger partial charge >= 0.3 is 0 Å². The lowest BCUT2D eigenvalue weighted by Crippen LogP contribution is -2.22. The molecule has 3 nitrogen and oxygen atoms in total. The first kappa shape index (κ1) is 12.5. The number of benzene rings is 1. The molecule has 0 radical (unpaired) electrons. The van der Waals surface area contributed by atoms with Gasteiger partial charge in [0.2, 0.25) is 0 Å². The Hall–Kier alpha value is -0.940. The zero-order chi connectivity index (χ0) is 12.4. The fourth-order valence-electron chi connectivity index (χ4n) is 1.49. The third-order valence-corrected chi connectivity index (χ3v) is 3.81. The molecule has 0 saturated heterocycles. The van der Waals surface area contributed by atoms with Crippen molar-refractivity contribution in [3.8, 4) is 0 Å². The molecular weight excluding hydrogens is 348 g/mol. The zero-order valence-corrected chi connectivity index (χ0v) is 12.3. The Bertz CT molecular complexity index is 608. The van der Waals surface area contributed by atoms with Crippen molar-refractivity contribution in [1.82, 2.24) is 9.55 Å². The topological polar surface area (TPSA) is 34.9 Å². The fourth-order valence-corrected chi connectivity index (χ4v) is 2.27. The smallest absolute Gasteiger partial charge is 0.268 e. The number of hydrogen-bond donors (Lipinski definition) is 0. The van der Waals surface area contributed by atoms with Crippen molar-refractivity contribution in [3.05, 3.63) is 61.1 Å². The van der Waals surface area contributed by atoms with Crippen LogP contribution in [-0.2, 0) is 6.54 Å². The molecule has 0 unspecified atom stereocenters. The molecule has 0 saturated carbocycles. The van der Waals surface area contributed by atoms with Gasteiger partial charge in [-0.15, -0.1) is 0 Å². The molecule has 0 N–H and O–H groups in total. The van der Waals surface area contributed by atoms with Crippen LogP contribution in [0, 0.1) is 6.92 Å². The van der Waals surface area contributed by atoms with E-state index in [-0.39, 0.29) is 5.56 Å². The van der Waals surface area contributed by atoms with E-state index >= 15 is 0 Å². The molecule has 5 heteroatoms. The number of hydrogen-bond acceptors (Lipinski definition) is 2. The largest absolute Gasteiger partial charge is 0.294 e. The van der Waals surface area contributed by atoms with E-state index in [0.717, 1.165) is 10.0 Å². The SMILES string of the molecule is Cc1ncn(Cc2cccc(Br)c2)c(=O)c1Br. The second kappa shape index (κ2) is 5.14. The molecule has 88 valence electrons. The summed E-state index contributed by atoms with van der Waals surface area (Å²) in [6.45, 7) is 2.32. The van der Waals surface area contributed by atoms with Gasteiger partial charge in [0, 0.05) is 4.47 Å². The lowest BCUT2D eigenvalue weighted by Gasteiger charge is -2.07. The van der Waals surface area contributed by atoms with Crippen LogP contribution in [0.1, 0.15) is 11.3 Å². The molecule has 0 atom stereocenters. The normalized spacial score (nSPS) is 10.5. The molecule has 0 aliphatic carbocycles. The molecule has 0 bridgehead atoms. The lowest BCUT2D eigenvalue weighted by atomic mass is 10.2. The number of rotatable bonds is 2. The van der Waals surface area contributed by atoms with Gasteiger partial charge in [-0.2, -0.15) is 0 Å². The minimum absolute atomic E-state index is 0.0579. The second-order valence-corrected chi connectivity index (χ2v) is 5.42. The van der Waals surface area contributed by atoms with Gasteiger partial charge < -0.3 is 0 Å². The van der Waals surface area contributed by atoms with Crippen molar-refractivity contribution < 1.29 is 0 Å². The van der Waals surface area contributed by atoms with Crippen molar-refractivity contribution >= 4 is 31.9 Å². The minimum Gasteiger partial charge on any atom is -0.294 e. The standard InChI is InChI=1S/C12H10Br2N2O/c1-8-11(14)12(17)16(7-15-8)6-9-3-2-4-10(13)5-9/h2-5,7H,6H2,1H3. The minimum atomic E-state index is -0.0579. The molecule has 0 aliphatic rings. The number of aryl methyl sites for hydroxylation is 1. The van der Waals surface area contributed by atoms with Crippen LogP contribution < -0.4 is 5.56 Å². The molecule has 17 heavy (non-hydrogen) atoms. The summed E-state index contributed by atoms with van der Waals surface area (Å²) in [6.07, 6.45) is 1.57. The summed E-state index contributed by atoms with van der Waals surface area (Å²) >= 11 is 6.66. The second-order valence-electron chi connectivity index (χ2n) is 3.71. The van der Waals surface area contributed by atoms with Crippen molar-refractivity contribution in [2.24, 2.45) is 0 Å². The molecule has 2 aromatic rings. The van der Waals surface area contributed by atoms with Gasteiger partial charge in [-0.05, 0) is 40.5 Å². The molecule has 0 amide bonds. The Labute approximate surface area is 116 Å². The van der Waals surface area contributed by atoms with Gasteiger partial charge in [0.25, 0.3) is 5.56 Å². The quantitative estimate of drug-likeness (QED) is 0.827. The summed E-state index contributed by atoms with van der Waals surface area (Å²) in [7, 11) is 0. The maximum atomic E-state index is 11.9. The Kier molecular flexibility index (Phi) is 3.79. The highest BCUT2D eigenvalue weighted by molar-refractivity contribution is 9.10. The van der Waals surface area contributed by atoms with Crippen molar-refractivity contribution in [2.45, 2.75) is 13.5 Å². The number of aromatic nitrogens is 2. The van der Waals surface area contributed by atoms with Crippen LogP contribution in [-0.4, -0.2) is 9.55 Å². The average Bonchev–Trinajstić information content (AvgIpc) is 2.30. The maximum absolute atomic E-state index is 11.9. The predicted molar refractivity (Wildman–Crippen MR) is 74.2 cm³/mol. The van der Waals surface area contributed by atoms with Crippen LogP contribution in [0.3, 0.4) is 0 Å². The van der Waals surface area contributed by atoms with Crippen LogP contribution in [0.5, 0.6) is 0 Å². The van der Waals surface area contributed by atoms with Gasteiger partial charge in [0.1, 0.15) is 4.47 Å². The molecule has 1 aromatic heterocycles. The summed E-state index contributed by atoms with van der Waals surface area (Å²) < 4.78 is 3.11. The molecule has 0 fully saturated rings. The van der Waals surface area contributed by atoms with Gasteiger partial charge in [-0.1, -0.05) is 28.1 Å². The fraction of sp³-hybridized carbons (Fsp3) is 0.167. The highest BCUT2D eigenvalue weighted by Crippen LogP contribution is 2.13. The monoisotopic (exact) mass is 356 g/mol. The van der Waals surface area contributed by atoms with E-state index < -0.39 is 0 Å². The molecule has 0 aliphatic heterocycles. The third kappa shape index (κ3) is 2.84. The molecule has 0 spiro atoms. The van der Waals surface area contributed by atoms with Gasteiger partial charge in [-0.25, -0.2) is 4.98 Å². The van der Waals surface area contributed by atoms with Crippen molar-refractivity contribution in [1.29, 1.82) is 0 Å². The molecule has 2 rings (SSSR count). The summed E-state index contributed by atoms with van der Waals surface area (Å²) in [5.41, 5.74) is 1.71. The molecule has 1 aromatic carbocycles. The number of halogens is 2. The van der Waals surface area contributed by atoms with Crippen LogP contribution in [0.15, 0.2) is 44.3 Å². The van der Waals surface area contributed by atoms with E-state index in [9.17, 15) is 4.79 Å². The van der Waals surface area contributed by atoms with E-state index in [1.165, 1.54) is 0 Å². The number of nitrogens with zero attached hydrogens (tertiary/aromatic N) is 2. The van der Waals surface area contributed by atoms with Crippen molar-refractivity contribution in [3.63, 3.8) is 0 Å². The van der Waals surface area contributed by atoms with E-state index in [2.05, 4.69) is 36.8 Å². The Balaban J connectivity index is 2.37. The Morgan fingerprint density at radius 2 is 2.12 bits per heavy atom. The van der Waals surface area contributed by atoms with E-state index in [4.69, 9.17) is 0 Å². The highest BCUT2D eigenvalue weighted by atomic mass is 79.9. The lowest BCUT2D eigenvalue weighted by molar-refractivity contribution is 0.724. The summed E-state index contributed by atoms with van der Waals surface area (Å²) in [4.78, 5) is 16.1.